The Kier molecular flexibility index (Phi) is 3.87. The van der Waals surface area contributed by atoms with Crippen LogP contribution in [0.1, 0.15) is 0 Å². The summed E-state index contributed by atoms with van der Waals surface area (Å²) in [6.45, 7) is 0.728. The zero-order valence-corrected chi connectivity index (χ0v) is 14.7. The number of hydrogen-bond acceptors (Lipinski definition) is 5. The highest BCUT2D eigenvalue weighted by molar-refractivity contribution is 7.92. The predicted molar refractivity (Wildman–Crippen MR) is 97.3 cm³/mol. The average Bonchev–Trinajstić information content (AvgIpc) is 3.01. The van der Waals surface area contributed by atoms with E-state index < -0.39 is 10.0 Å². The molecule has 3 heterocycles. The fourth-order valence-electron chi connectivity index (χ4n) is 2.99. The Morgan fingerprint density at radius 1 is 1.08 bits per heavy atom. The predicted octanol–water partition coefficient (Wildman–Crippen LogP) is 2.07. The molecule has 0 fully saturated rings. The maximum Gasteiger partial charge on any atom is 0.239 e. The lowest BCUT2D eigenvalue weighted by molar-refractivity contribution is 0.591. The summed E-state index contributed by atoms with van der Waals surface area (Å²) in [6, 6.07) is 9.59. The van der Waals surface area contributed by atoms with Crippen LogP contribution in [0.2, 0.25) is 0 Å². The highest BCUT2D eigenvalue weighted by Crippen LogP contribution is 2.36. The monoisotopic (exact) mass is 373 g/mol. The van der Waals surface area contributed by atoms with Crippen LogP contribution in [0.5, 0.6) is 0 Å². The van der Waals surface area contributed by atoms with Gasteiger partial charge in [-0.2, -0.15) is 0 Å². The smallest absolute Gasteiger partial charge is 0.239 e. The number of aromatic nitrogens is 3. The summed E-state index contributed by atoms with van der Waals surface area (Å²) in [7, 11) is -3.48. The number of anilines is 1. The molecule has 0 saturated heterocycles. The Morgan fingerprint density at radius 3 is 2.42 bits per heavy atom. The molecule has 134 valence electrons. The Morgan fingerprint density at radius 2 is 1.77 bits per heavy atom. The fourth-order valence-corrected chi connectivity index (χ4v) is 3.83. The number of hydrogen-bond donors (Lipinski definition) is 1. The summed E-state index contributed by atoms with van der Waals surface area (Å²) in [6.07, 6.45) is 4.46. The SMILES string of the molecule is CS(=O)(=O)N1CCNn2c1nc(-c1ccc(F)cc1)c2-c1ccncc1. The molecule has 1 aromatic carbocycles. The molecule has 0 amide bonds. The Balaban J connectivity index is 1.99. The van der Waals surface area contributed by atoms with E-state index in [2.05, 4.69) is 15.4 Å². The Bertz CT molecular complexity index is 1050. The van der Waals surface area contributed by atoms with Crippen molar-refractivity contribution in [3.8, 4) is 22.5 Å². The van der Waals surface area contributed by atoms with E-state index in [0.29, 0.717) is 23.5 Å². The first-order valence-corrected chi connectivity index (χ1v) is 9.80. The summed E-state index contributed by atoms with van der Waals surface area (Å²) >= 11 is 0. The van der Waals surface area contributed by atoms with E-state index in [0.717, 1.165) is 11.8 Å². The molecule has 0 radical (unpaired) electrons. The number of rotatable bonds is 3. The van der Waals surface area contributed by atoms with Crippen molar-refractivity contribution >= 4 is 16.0 Å². The van der Waals surface area contributed by atoms with Crippen LogP contribution in [0.4, 0.5) is 10.3 Å². The maximum atomic E-state index is 13.3. The van der Waals surface area contributed by atoms with E-state index in [-0.39, 0.29) is 18.3 Å². The van der Waals surface area contributed by atoms with E-state index in [9.17, 15) is 12.8 Å². The van der Waals surface area contributed by atoms with Crippen LogP contribution in [-0.2, 0) is 10.0 Å². The minimum atomic E-state index is -3.48. The number of sulfonamides is 1. The molecule has 7 nitrogen and oxygen atoms in total. The van der Waals surface area contributed by atoms with Crippen molar-refractivity contribution in [3.05, 3.63) is 54.6 Å². The lowest BCUT2D eigenvalue weighted by Crippen LogP contribution is -2.43. The number of fused-ring (bicyclic) bond motifs is 1. The van der Waals surface area contributed by atoms with Gasteiger partial charge in [-0.15, -0.1) is 0 Å². The molecular weight excluding hydrogens is 357 g/mol. The van der Waals surface area contributed by atoms with Crippen molar-refractivity contribution < 1.29 is 12.8 Å². The number of nitrogens with zero attached hydrogens (tertiary/aromatic N) is 4. The van der Waals surface area contributed by atoms with Crippen LogP contribution >= 0.6 is 0 Å². The van der Waals surface area contributed by atoms with E-state index in [1.807, 2.05) is 12.1 Å². The molecule has 1 aliphatic heterocycles. The van der Waals surface area contributed by atoms with Gasteiger partial charge in [-0.3, -0.25) is 4.98 Å². The van der Waals surface area contributed by atoms with E-state index in [4.69, 9.17) is 0 Å². The van der Waals surface area contributed by atoms with Crippen molar-refractivity contribution in [1.29, 1.82) is 0 Å². The first-order valence-electron chi connectivity index (χ1n) is 7.96. The number of halogens is 1. The average molecular weight is 373 g/mol. The van der Waals surface area contributed by atoms with E-state index >= 15 is 0 Å². The summed E-state index contributed by atoms with van der Waals surface area (Å²) in [4.78, 5) is 8.61. The van der Waals surface area contributed by atoms with Crippen LogP contribution in [0.3, 0.4) is 0 Å². The quantitative estimate of drug-likeness (QED) is 0.760. The molecule has 0 atom stereocenters. The normalized spacial score (nSPS) is 14.0. The van der Waals surface area contributed by atoms with E-state index in [1.165, 1.54) is 16.4 Å². The summed E-state index contributed by atoms with van der Waals surface area (Å²) in [5.74, 6) is -0.0658. The van der Waals surface area contributed by atoms with Gasteiger partial charge in [0.1, 0.15) is 11.5 Å². The summed E-state index contributed by atoms with van der Waals surface area (Å²) < 4.78 is 40.6. The molecule has 0 unspecified atom stereocenters. The van der Waals surface area contributed by atoms with Crippen LogP contribution < -0.4 is 9.73 Å². The molecule has 0 aliphatic carbocycles. The Labute approximate surface area is 150 Å². The van der Waals surface area contributed by atoms with Crippen LogP contribution in [-0.4, -0.2) is 42.4 Å². The van der Waals surface area contributed by atoms with Gasteiger partial charge in [0.05, 0.1) is 25.0 Å². The number of imidazole rings is 1. The molecule has 26 heavy (non-hydrogen) atoms. The van der Waals surface area contributed by atoms with Crippen molar-refractivity contribution in [2.24, 2.45) is 0 Å². The molecule has 0 saturated carbocycles. The minimum Gasteiger partial charge on any atom is -0.321 e. The highest BCUT2D eigenvalue weighted by Gasteiger charge is 2.31. The molecule has 4 rings (SSSR count). The van der Waals surface area contributed by atoms with Crippen molar-refractivity contribution in [3.63, 3.8) is 0 Å². The molecule has 0 spiro atoms. The van der Waals surface area contributed by atoms with Gasteiger partial charge in [-0.1, -0.05) is 0 Å². The minimum absolute atomic E-state index is 0.282. The first kappa shape index (κ1) is 16.5. The van der Waals surface area contributed by atoms with Gasteiger partial charge in [0.25, 0.3) is 0 Å². The van der Waals surface area contributed by atoms with Crippen LogP contribution in [0.15, 0.2) is 48.8 Å². The number of nitrogens with one attached hydrogen (secondary N) is 1. The molecule has 2 aromatic heterocycles. The zero-order valence-electron chi connectivity index (χ0n) is 13.9. The second-order valence-electron chi connectivity index (χ2n) is 5.93. The van der Waals surface area contributed by atoms with E-state index in [1.54, 1.807) is 29.2 Å². The molecule has 3 aromatic rings. The third-order valence-electron chi connectivity index (χ3n) is 4.14. The first-order chi connectivity index (χ1) is 12.4. The highest BCUT2D eigenvalue weighted by atomic mass is 32.2. The second-order valence-corrected chi connectivity index (χ2v) is 7.84. The van der Waals surface area contributed by atoms with Gasteiger partial charge in [0.15, 0.2) is 0 Å². The lowest BCUT2D eigenvalue weighted by atomic mass is 10.1. The fraction of sp³-hybridized carbons (Fsp3) is 0.176. The molecule has 1 aliphatic rings. The third-order valence-corrected chi connectivity index (χ3v) is 5.29. The largest absolute Gasteiger partial charge is 0.321 e. The van der Waals surface area contributed by atoms with Gasteiger partial charge in [0, 0.05) is 23.5 Å². The van der Waals surface area contributed by atoms with Crippen LogP contribution in [0.25, 0.3) is 22.5 Å². The molecule has 1 N–H and O–H groups in total. The van der Waals surface area contributed by atoms with Gasteiger partial charge in [-0.25, -0.2) is 26.8 Å². The Hall–Kier alpha value is -2.94. The van der Waals surface area contributed by atoms with Crippen molar-refractivity contribution in [1.82, 2.24) is 14.6 Å². The molecular formula is C17H16FN5O2S. The maximum absolute atomic E-state index is 13.3. The van der Waals surface area contributed by atoms with Crippen molar-refractivity contribution in [2.45, 2.75) is 0 Å². The topological polar surface area (TPSA) is 80.1 Å². The lowest BCUT2D eigenvalue weighted by Gasteiger charge is -2.28. The van der Waals surface area contributed by atoms with Gasteiger partial charge in [-0.05, 0) is 36.4 Å². The van der Waals surface area contributed by atoms with Crippen LogP contribution in [0, 0.1) is 5.82 Å². The van der Waals surface area contributed by atoms with Crippen molar-refractivity contribution in [2.75, 3.05) is 29.1 Å². The molecule has 9 heteroatoms. The van der Waals surface area contributed by atoms with Gasteiger partial charge in [0.2, 0.25) is 16.0 Å². The second kappa shape index (κ2) is 6.10. The van der Waals surface area contributed by atoms with Gasteiger partial charge >= 0.3 is 0 Å². The molecule has 0 bridgehead atoms. The third kappa shape index (κ3) is 2.80. The summed E-state index contributed by atoms with van der Waals surface area (Å²) in [5, 5.41) is 0. The number of benzene rings is 1. The standard InChI is InChI=1S/C17H16FN5O2S/c1-26(24,25)22-11-10-20-23-16(13-6-8-19-9-7-13)15(21-17(22)23)12-2-4-14(18)5-3-12/h2-9,20H,10-11H2,1H3. The summed E-state index contributed by atoms with van der Waals surface area (Å²) in [5.41, 5.74) is 5.96. The van der Waals surface area contributed by atoms with Gasteiger partial charge < -0.3 is 5.43 Å². The number of pyridine rings is 1. The zero-order chi connectivity index (χ0) is 18.3.